The smallest absolute Gasteiger partial charge is 0.312 e. The van der Waals surface area contributed by atoms with Crippen molar-refractivity contribution in [3.63, 3.8) is 0 Å². The Morgan fingerprint density at radius 2 is 2.46 bits per heavy atom. The molecule has 0 bridgehead atoms. The van der Waals surface area contributed by atoms with Crippen LogP contribution in [0.15, 0.2) is 0 Å². The first-order chi connectivity index (χ1) is 6.09. The number of epoxide rings is 1. The van der Waals surface area contributed by atoms with Crippen molar-refractivity contribution in [2.45, 2.75) is 38.1 Å². The van der Waals surface area contributed by atoms with Crippen molar-refractivity contribution in [3.05, 3.63) is 0 Å². The number of esters is 1. The molecular formula is C9H14O4. The number of aliphatic hydroxyl groups excluding tert-OH is 1. The lowest BCUT2D eigenvalue weighted by Gasteiger charge is -2.15. The van der Waals surface area contributed by atoms with Gasteiger partial charge in [-0.05, 0) is 20.3 Å². The quantitative estimate of drug-likeness (QED) is 0.490. The normalized spacial score (nSPS) is 47.2. The van der Waals surface area contributed by atoms with Gasteiger partial charge in [-0.15, -0.1) is 0 Å². The van der Waals surface area contributed by atoms with E-state index in [1.807, 2.05) is 6.92 Å². The lowest BCUT2D eigenvalue weighted by molar-refractivity contribution is -0.151. The van der Waals surface area contributed by atoms with Crippen LogP contribution in [0.2, 0.25) is 0 Å². The minimum absolute atomic E-state index is 0.151. The molecule has 0 aromatic carbocycles. The maximum atomic E-state index is 11.4. The summed E-state index contributed by atoms with van der Waals surface area (Å²) in [6.07, 6.45) is -0.179. The zero-order valence-electron chi connectivity index (χ0n) is 7.82. The summed E-state index contributed by atoms with van der Waals surface area (Å²) in [7, 11) is 0. The molecule has 1 saturated carbocycles. The van der Waals surface area contributed by atoms with Crippen molar-refractivity contribution >= 4 is 5.97 Å². The van der Waals surface area contributed by atoms with Gasteiger partial charge in [0, 0.05) is 0 Å². The highest BCUT2D eigenvalue weighted by molar-refractivity contribution is 5.75. The van der Waals surface area contributed by atoms with Gasteiger partial charge in [-0.1, -0.05) is 0 Å². The van der Waals surface area contributed by atoms with Gasteiger partial charge in [-0.25, -0.2) is 0 Å². The van der Waals surface area contributed by atoms with Gasteiger partial charge < -0.3 is 14.6 Å². The van der Waals surface area contributed by atoms with E-state index in [2.05, 4.69) is 0 Å². The van der Waals surface area contributed by atoms with E-state index in [-0.39, 0.29) is 18.0 Å². The van der Waals surface area contributed by atoms with E-state index in [4.69, 9.17) is 9.47 Å². The molecule has 1 heterocycles. The predicted molar refractivity (Wildman–Crippen MR) is 44.0 cm³/mol. The largest absolute Gasteiger partial charge is 0.466 e. The van der Waals surface area contributed by atoms with Gasteiger partial charge in [0.05, 0.1) is 18.6 Å². The first kappa shape index (κ1) is 8.97. The number of fused-ring (bicyclic) bond motifs is 1. The molecule has 2 fully saturated rings. The van der Waals surface area contributed by atoms with E-state index in [0.717, 1.165) is 0 Å². The van der Waals surface area contributed by atoms with Crippen LogP contribution >= 0.6 is 0 Å². The van der Waals surface area contributed by atoms with Gasteiger partial charge in [0.1, 0.15) is 11.7 Å². The molecule has 4 heteroatoms. The van der Waals surface area contributed by atoms with Crippen LogP contribution in [0, 0.1) is 5.92 Å². The summed E-state index contributed by atoms with van der Waals surface area (Å²) in [5, 5.41) is 9.46. The minimum atomic E-state index is -0.501. The number of aliphatic hydroxyl groups is 1. The minimum Gasteiger partial charge on any atom is -0.466 e. The molecule has 0 amide bonds. The third-order valence-electron chi connectivity index (χ3n) is 2.98. The molecule has 4 atom stereocenters. The van der Waals surface area contributed by atoms with Crippen LogP contribution in [-0.2, 0) is 14.3 Å². The van der Waals surface area contributed by atoms with Gasteiger partial charge in [0.25, 0.3) is 0 Å². The highest BCUT2D eigenvalue weighted by Crippen LogP contribution is 2.53. The molecule has 0 spiro atoms. The molecule has 1 N–H and O–H groups in total. The van der Waals surface area contributed by atoms with E-state index in [1.54, 1.807) is 6.92 Å². The topological polar surface area (TPSA) is 59.1 Å². The summed E-state index contributed by atoms with van der Waals surface area (Å²) in [5.74, 6) is -0.531. The van der Waals surface area contributed by atoms with Crippen LogP contribution in [-0.4, -0.2) is 35.5 Å². The molecule has 1 aliphatic carbocycles. The Bertz CT molecular complexity index is 240. The summed E-state index contributed by atoms with van der Waals surface area (Å²) in [6, 6.07) is 0. The number of hydrogen-bond donors (Lipinski definition) is 1. The van der Waals surface area contributed by atoms with Crippen molar-refractivity contribution in [1.82, 2.24) is 0 Å². The molecule has 1 saturated heterocycles. The molecule has 0 radical (unpaired) electrons. The number of carbonyl (C=O) groups is 1. The van der Waals surface area contributed by atoms with Crippen molar-refractivity contribution in [2.75, 3.05) is 6.61 Å². The van der Waals surface area contributed by atoms with Crippen molar-refractivity contribution in [1.29, 1.82) is 0 Å². The van der Waals surface area contributed by atoms with Crippen LogP contribution in [0.1, 0.15) is 20.3 Å². The third kappa shape index (κ3) is 1.16. The molecule has 1 aliphatic heterocycles. The highest BCUT2D eigenvalue weighted by atomic mass is 16.6. The molecule has 74 valence electrons. The Morgan fingerprint density at radius 3 is 2.85 bits per heavy atom. The lowest BCUT2D eigenvalue weighted by Crippen LogP contribution is -2.28. The molecule has 2 rings (SSSR count). The van der Waals surface area contributed by atoms with E-state index >= 15 is 0 Å². The Hall–Kier alpha value is -0.610. The van der Waals surface area contributed by atoms with E-state index in [1.165, 1.54) is 0 Å². The third-order valence-corrected chi connectivity index (χ3v) is 2.98. The molecule has 0 aromatic rings. The van der Waals surface area contributed by atoms with Crippen LogP contribution in [0.3, 0.4) is 0 Å². The second kappa shape index (κ2) is 2.69. The Kier molecular flexibility index (Phi) is 1.85. The van der Waals surface area contributed by atoms with E-state index in [9.17, 15) is 9.90 Å². The maximum Gasteiger partial charge on any atom is 0.312 e. The van der Waals surface area contributed by atoms with Gasteiger partial charge in [0.15, 0.2) is 0 Å². The second-order valence-electron chi connectivity index (χ2n) is 3.83. The number of carbonyl (C=O) groups excluding carboxylic acids is 1. The molecular weight excluding hydrogens is 172 g/mol. The lowest BCUT2D eigenvalue weighted by atomic mass is 9.97. The van der Waals surface area contributed by atoms with Crippen LogP contribution in [0.5, 0.6) is 0 Å². The van der Waals surface area contributed by atoms with Gasteiger partial charge in [-0.2, -0.15) is 0 Å². The first-order valence-corrected chi connectivity index (χ1v) is 4.62. The molecule has 0 aromatic heterocycles. The van der Waals surface area contributed by atoms with Crippen LogP contribution in [0.4, 0.5) is 0 Å². The number of hydrogen-bond acceptors (Lipinski definition) is 4. The van der Waals surface area contributed by atoms with Crippen LogP contribution in [0.25, 0.3) is 0 Å². The Labute approximate surface area is 76.8 Å². The average Bonchev–Trinajstić information content (AvgIpc) is 2.68. The van der Waals surface area contributed by atoms with E-state index in [0.29, 0.717) is 13.0 Å². The zero-order valence-corrected chi connectivity index (χ0v) is 7.82. The fraction of sp³-hybridized carbons (Fsp3) is 0.889. The second-order valence-corrected chi connectivity index (χ2v) is 3.83. The maximum absolute atomic E-state index is 11.4. The number of rotatable bonds is 2. The summed E-state index contributed by atoms with van der Waals surface area (Å²) < 4.78 is 10.2. The highest BCUT2D eigenvalue weighted by Gasteiger charge is 2.69. The summed E-state index contributed by atoms with van der Waals surface area (Å²) >= 11 is 0. The molecule has 2 aliphatic rings. The fourth-order valence-electron chi connectivity index (χ4n) is 2.15. The van der Waals surface area contributed by atoms with Gasteiger partial charge in [-0.3, -0.25) is 4.79 Å². The predicted octanol–water partition coefficient (Wildman–Crippen LogP) is 0.0878. The SMILES string of the molecule is CCOC(=O)[C@H]1C[C@@H](O)[C@H]2O[C@@]12C. The molecule has 13 heavy (non-hydrogen) atoms. The summed E-state index contributed by atoms with van der Waals surface area (Å²) in [5.41, 5.74) is -0.453. The Balaban J connectivity index is 2.05. The summed E-state index contributed by atoms with van der Waals surface area (Å²) in [6.45, 7) is 4.01. The van der Waals surface area contributed by atoms with Crippen molar-refractivity contribution in [2.24, 2.45) is 5.92 Å². The zero-order chi connectivity index (χ0) is 9.64. The Morgan fingerprint density at radius 1 is 1.77 bits per heavy atom. The van der Waals surface area contributed by atoms with Gasteiger partial charge >= 0.3 is 5.97 Å². The fourth-order valence-corrected chi connectivity index (χ4v) is 2.15. The molecule has 0 unspecified atom stereocenters. The van der Waals surface area contributed by atoms with E-state index < -0.39 is 11.7 Å². The van der Waals surface area contributed by atoms with Gasteiger partial charge in [0.2, 0.25) is 0 Å². The van der Waals surface area contributed by atoms with Crippen molar-refractivity contribution < 1.29 is 19.4 Å². The first-order valence-electron chi connectivity index (χ1n) is 4.62. The monoisotopic (exact) mass is 186 g/mol. The summed E-state index contributed by atoms with van der Waals surface area (Å²) in [4.78, 5) is 11.4. The number of ether oxygens (including phenoxy) is 2. The van der Waals surface area contributed by atoms with Crippen molar-refractivity contribution in [3.8, 4) is 0 Å². The average molecular weight is 186 g/mol. The molecule has 4 nitrogen and oxygen atoms in total. The standard InChI is InChI=1S/C9H14O4/c1-3-12-8(11)5-4-6(10)7-9(5,2)13-7/h5-7,10H,3-4H2,1-2H3/t5-,6-,7-,9+/m1/s1. The van der Waals surface area contributed by atoms with Crippen LogP contribution < -0.4 is 0 Å².